The van der Waals surface area contributed by atoms with E-state index in [1.165, 1.54) is 0 Å². The number of thioether (sulfide) groups is 1. The number of hydrogen-bond donors (Lipinski definition) is 1. The van der Waals surface area contributed by atoms with Crippen molar-refractivity contribution >= 4 is 17.7 Å². The number of nitriles is 1. The second-order valence-electron chi connectivity index (χ2n) is 7.13. The Balaban J connectivity index is 0.00000117. The number of rotatable bonds is 2. The number of carbonyl (C=O) groups excluding carboxylic acids is 1. The van der Waals surface area contributed by atoms with Gasteiger partial charge in [0.25, 0.3) is 0 Å². The lowest BCUT2D eigenvalue weighted by atomic mass is 9.96. The van der Waals surface area contributed by atoms with Gasteiger partial charge in [0, 0.05) is 25.6 Å². The topological polar surface area (TPSA) is 74.6 Å². The van der Waals surface area contributed by atoms with E-state index in [1.807, 2.05) is 23.1 Å². The van der Waals surface area contributed by atoms with E-state index in [2.05, 4.69) is 29.6 Å². The van der Waals surface area contributed by atoms with Crippen LogP contribution in [0.25, 0.3) is 0 Å². The molecule has 3 aliphatic rings. The normalized spacial score (nSPS) is 24.1. The fourth-order valence-corrected chi connectivity index (χ4v) is 5.02. The van der Waals surface area contributed by atoms with Gasteiger partial charge in [-0.1, -0.05) is 12.1 Å². The van der Waals surface area contributed by atoms with E-state index >= 15 is 0 Å². The third kappa shape index (κ3) is 4.76. The molecule has 1 aromatic carbocycles. The molecular weight excluding hydrogens is 386 g/mol. The molecule has 1 fully saturated rings. The lowest BCUT2D eigenvalue weighted by Crippen LogP contribution is -2.42. The number of carbonyl (C=O) groups is 1. The zero-order valence-electron chi connectivity index (χ0n) is 16.5. The van der Waals surface area contributed by atoms with Crippen molar-refractivity contribution in [1.82, 2.24) is 10.2 Å². The van der Waals surface area contributed by atoms with E-state index < -0.39 is 6.29 Å². The van der Waals surface area contributed by atoms with Crippen LogP contribution in [0.15, 0.2) is 29.3 Å². The minimum atomic E-state index is -0.446. The van der Waals surface area contributed by atoms with Crippen LogP contribution in [0.3, 0.4) is 0 Å². The van der Waals surface area contributed by atoms with Crippen molar-refractivity contribution in [1.29, 1.82) is 5.26 Å². The molecule has 2 unspecified atom stereocenters. The van der Waals surface area contributed by atoms with Crippen molar-refractivity contribution in [3.8, 4) is 18.9 Å². The van der Waals surface area contributed by atoms with Gasteiger partial charge in [-0.3, -0.25) is 4.79 Å². The van der Waals surface area contributed by atoms with E-state index in [0.717, 1.165) is 42.8 Å². The Kier molecular flexibility index (Phi) is 7.22. The molecule has 152 valence electrons. The molecule has 3 aliphatic heterocycles. The second-order valence-corrected chi connectivity index (χ2v) is 8.14. The molecule has 1 aromatic rings. The third-order valence-corrected chi connectivity index (χ3v) is 6.67. The van der Waals surface area contributed by atoms with Gasteiger partial charge in [0.1, 0.15) is 0 Å². The summed E-state index contributed by atoms with van der Waals surface area (Å²) >= 11 is 1.77. The van der Waals surface area contributed by atoms with Gasteiger partial charge in [-0.25, -0.2) is 0 Å². The molecule has 0 aliphatic carbocycles. The highest BCUT2D eigenvalue weighted by atomic mass is 32.2. The summed E-state index contributed by atoms with van der Waals surface area (Å²) in [7, 11) is 0. The summed E-state index contributed by atoms with van der Waals surface area (Å²) in [6, 6.07) is 7.91. The molecule has 0 radical (unpaired) electrons. The van der Waals surface area contributed by atoms with E-state index in [0.29, 0.717) is 30.1 Å². The van der Waals surface area contributed by atoms with Gasteiger partial charge in [0.05, 0.1) is 35.9 Å². The quantitative estimate of drug-likeness (QED) is 0.755. The Labute approximate surface area is 176 Å². The van der Waals surface area contributed by atoms with Crippen molar-refractivity contribution in [2.45, 2.75) is 44.6 Å². The Morgan fingerprint density at radius 2 is 2.00 bits per heavy atom. The maximum Gasteiger partial charge on any atom is 0.219 e. The van der Waals surface area contributed by atoms with Crippen molar-refractivity contribution in [3.05, 3.63) is 46.0 Å². The molecule has 2 atom stereocenters. The molecule has 0 aromatic heterocycles. The number of piperidine rings is 1. The van der Waals surface area contributed by atoms with Crippen molar-refractivity contribution in [3.63, 3.8) is 0 Å². The van der Waals surface area contributed by atoms with E-state index in [9.17, 15) is 10.1 Å². The number of nitrogens with zero attached hydrogens (tertiary/aromatic N) is 2. The van der Waals surface area contributed by atoms with Crippen molar-refractivity contribution < 1.29 is 14.3 Å². The standard InChI is InChI=1S/C20H23N3O3S.C2H2/c1-13(24)23-7-5-14(6-8-23)19-22-18(12-27-19)20-25-10-16-4-2-3-15(9-21)17(16)11-26-20;1-2/h2-4,12,14,19-20,22H,5-8,10-11H2,1H3;1-2H. The number of likely N-dealkylation sites (tertiary alicyclic amines) is 1. The van der Waals surface area contributed by atoms with Gasteiger partial charge in [-0.2, -0.15) is 5.26 Å². The molecular formula is C22H25N3O3S. The lowest BCUT2D eigenvalue weighted by Gasteiger charge is -2.34. The highest BCUT2D eigenvalue weighted by molar-refractivity contribution is 8.03. The van der Waals surface area contributed by atoms with Gasteiger partial charge in [-0.05, 0) is 35.8 Å². The molecule has 0 saturated carbocycles. The molecule has 4 rings (SSSR count). The number of amides is 1. The first kappa shape index (κ1) is 21.3. The van der Waals surface area contributed by atoms with Gasteiger partial charge in [0.2, 0.25) is 5.91 Å². The largest absolute Gasteiger partial charge is 0.372 e. The summed E-state index contributed by atoms with van der Waals surface area (Å²) < 4.78 is 11.9. The maximum atomic E-state index is 11.5. The van der Waals surface area contributed by atoms with E-state index in [-0.39, 0.29) is 5.91 Å². The maximum absolute atomic E-state index is 11.5. The van der Waals surface area contributed by atoms with Gasteiger partial charge in [-0.15, -0.1) is 24.6 Å². The van der Waals surface area contributed by atoms with Crippen LogP contribution in [0, 0.1) is 30.1 Å². The molecule has 1 amide bonds. The minimum Gasteiger partial charge on any atom is -0.372 e. The zero-order valence-corrected chi connectivity index (χ0v) is 17.3. The Bertz CT molecular complexity index is 837. The van der Waals surface area contributed by atoms with Crippen LogP contribution < -0.4 is 5.32 Å². The van der Waals surface area contributed by atoms with E-state index in [4.69, 9.17) is 9.47 Å². The van der Waals surface area contributed by atoms with E-state index in [1.54, 1.807) is 18.7 Å². The van der Waals surface area contributed by atoms with Crippen LogP contribution >= 0.6 is 11.8 Å². The Morgan fingerprint density at radius 1 is 1.28 bits per heavy atom. The first-order chi connectivity index (χ1) is 14.2. The van der Waals surface area contributed by atoms with Crippen molar-refractivity contribution in [2.75, 3.05) is 13.1 Å². The number of terminal acetylenes is 1. The lowest BCUT2D eigenvalue weighted by molar-refractivity contribution is -0.130. The first-order valence-electron chi connectivity index (χ1n) is 9.60. The van der Waals surface area contributed by atoms with Crippen LogP contribution in [0.4, 0.5) is 0 Å². The Morgan fingerprint density at radius 3 is 2.69 bits per heavy atom. The fourth-order valence-electron chi connectivity index (χ4n) is 3.85. The summed E-state index contributed by atoms with van der Waals surface area (Å²) in [5.74, 6) is 0.684. The smallest absolute Gasteiger partial charge is 0.219 e. The molecule has 6 nitrogen and oxygen atoms in total. The highest BCUT2D eigenvalue weighted by Crippen LogP contribution is 2.35. The Hall–Kier alpha value is -2.45. The summed E-state index contributed by atoms with van der Waals surface area (Å²) in [5.41, 5.74) is 3.53. The SMILES string of the molecule is C#C.CC(=O)N1CCC(C2NC(C3OCc4cccc(C#N)c4CO3)=CS2)CC1. The monoisotopic (exact) mass is 411 g/mol. The summed E-state index contributed by atoms with van der Waals surface area (Å²) in [4.78, 5) is 13.4. The summed E-state index contributed by atoms with van der Waals surface area (Å²) in [6.45, 7) is 4.10. The van der Waals surface area contributed by atoms with Crippen molar-refractivity contribution in [2.24, 2.45) is 5.92 Å². The predicted octanol–water partition coefficient (Wildman–Crippen LogP) is 2.94. The van der Waals surface area contributed by atoms with Crippen LogP contribution in [-0.2, 0) is 27.5 Å². The molecule has 7 heteroatoms. The van der Waals surface area contributed by atoms with Crippen LogP contribution in [0.2, 0.25) is 0 Å². The minimum absolute atomic E-state index is 0.163. The van der Waals surface area contributed by atoms with Gasteiger partial charge < -0.3 is 19.7 Å². The molecule has 3 heterocycles. The van der Waals surface area contributed by atoms with Gasteiger partial charge >= 0.3 is 0 Å². The highest BCUT2D eigenvalue weighted by Gasteiger charge is 2.33. The number of fused-ring (bicyclic) bond motifs is 1. The number of hydrogen-bond acceptors (Lipinski definition) is 6. The van der Waals surface area contributed by atoms with Crippen LogP contribution in [0.5, 0.6) is 0 Å². The molecule has 0 spiro atoms. The number of ether oxygens (including phenoxy) is 2. The summed E-state index contributed by atoms with van der Waals surface area (Å²) in [6.07, 6.45) is 9.57. The first-order valence-corrected chi connectivity index (χ1v) is 10.5. The molecule has 0 bridgehead atoms. The second kappa shape index (κ2) is 9.84. The molecule has 1 saturated heterocycles. The van der Waals surface area contributed by atoms with Crippen LogP contribution in [0.1, 0.15) is 36.5 Å². The molecule has 1 N–H and O–H groups in total. The molecule has 29 heavy (non-hydrogen) atoms. The van der Waals surface area contributed by atoms with Crippen LogP contribution in [-0.4, -0.2) is 35.6 Å². The zero-order chi connectivity index (χ0) is 20.8. The van der Waals surface area contributed by atoms with Gasteiger partial charge in [0.15, 0.2) is 6.29 Å². The number of nitrogens with one attached hydrogen (secondary N) is 1. The third-order valence-electron chi connectivity index (χ3n) is 5.48. The fraction of sp³-hybridized carbons (Fsp3) is 0.455. The average Bonchev–Trinajstić information content (AvgIpc) is 3.15. The average molecular weight is 412 g/mol. The number of benzene rings is 1. The summed E-state index contributed by atoms with van der Waals surface area (Å²) in [5, 5.41) is 15.2. The predicted molar refractivity (Wildman–Crippen MR) is 112 cm³/mol.